The number of amides is 1. The molecule has 1 atom stereocenters. The van der Waals surface area contributed by atoms with E-state index in [1.165, 1.54) is 0 Å². The van der Waals surface area contributed by atoms with E-state index in [4.69, 9.17) is 4.74 Å². The molecule has 0 saturated carbocycles. The quantitative estimate of drug-likeness (QED) is 0.709. The van der Waals surface area contributed by atoms with Gasteiger partial charge in [0.2, 0.25) is 5.95 Å². The smallest absolute Gasteiger partial charge is 0.271 e. The fourth-order valence-electron chi connectivity index (χ4n) is 3.05. The number of nitrogens with zero attached hydrogens (tertiary/aromatic N) is 6. The molecular formula is C18H20N6O2. The van der Waals surface area contributed by atoms with Gasteiger partial charge in [-0.15, -0.1) is 0 Å². The van der Waals surface area contributed by atoms with E-state index < -0.39 is 0 Å². The van der Waals surface area contributed by atoms with Crippen LogP contribution in [0.5, 0.6) is 0 Å². The SMILES string of the molecule is CN(C)c1nccc([C@H]2CN(C(=O)c3cccc4nccn34)CCO2)n1. The fourth-order valence-corrected chi connectivity index (χ4v) is 3.05. The topological polar surface area (TPSA) is 75.9 Å². The van der Waals surface area contributed by atoms with Crippen molar-refractivity contribution in [1.29, 1.82) is 0 Å². The number of hydrogen-bond acceptors (Lipinski definition) is 6. The largest absolute Gasteiger partial charge is 0.368 e. The van der Waals surface area contributed by atoms with Gasteiger partial charge >= 0.3 is 0 Å². The minimum Gasteiger partial charge on any atom is -0.368 e. The number of aromatic nitrogens is 4. The van der Waals surface area contributed by atoms with Gasteiger partial charge in [-0.1, -0.05) is 6.07 Å². The Hall–Kier alpha value is -3.00. The van der Waals surface area contributed by atoms with Crippen molar-refractivity contribution in [2.75, 3.05) is 38.7 Å². The molecule has 8 heteroatoms. The Morgan fingerprint density at radius 3 is 2.96 bits per heavy atom. The predicted octanol–water partition coefficient (Wildman–Crippen LogP) is 1.40. The summed E-state index contributed by atoms with van der Waals surface area (Å²) in [6.45, 7) is 1.47. The van der Waals surface area contributed by atoms with E-state index in [2.05, 4.69) is 15.0 Å². The van der Waals surface area contributed by atoms with Crippen molar-refractivity contribution in [3.05, 3.63) is 54.2 Å². The van der Waals surface area contributed by atoms with Crippen LogP contribution >= 0.6 is 0 Å². The summed E-state index contributed by atoms with van der Waals surface area (Å²) in [5.41, 5.74) is 2.13. The van der Waals surface area contributed by atoms with Crippen molar-refractivity contribution < 1.29 is 9.53 Å². The zero-order valence-electron chi connectivity index (χ0n) is 14.7. The molecule has 4 heterocycles. The van der Waals surface area contributed by atoms with Crippen LogP contribution in [0.1, 0.15) is 22.3 Å². The lowest BCUT2D eigenvalue weighted by Crippen LogP contribution is -2.43. The van der Waals surface area contributed by atoms with Crippen LogP contribution in [0.15, 0.2) is 42.9 Å². The maximum atomic E-state index is 13.0. The molecule has 0 bridgehead atoms. The Balaban J connectivity index is 1.58. The monoisotopic (exact) mass is 352 g/mol. The highest BCUT2D eigenvalue weighted by Gasteiger charge is 2.28. The van der Waals surface area contributed by atoms with Crippen LogP contribution in [0, 0.1) is 0 Å². The molecule has 0 N–H and O–H groups in total. The molecule has 1 saturated heterocycles. The summed E-state index contributed by atoms with van der Waals surface area (Å²) in [4.78, 5) is 29.7. The molecule has 1 aliphatic rings. The van der Waals surface area contributed by atoms with Crippen LogP contribution in [0.3, 0.4) is 0 Å². The molecular weight excluding hydrogens is 332 g/mol. The summed E-state index contributed by atoms with van der Waals surface area (Å²) >= 11 is 0. The third kappa shape index (κ3) is 2.99. The van der Waals surface area contributed by atoms with E-state index >= 15 is 0 Å². The minimum absolute atomic E-state index is 0.0382. The Labute approximate surface area is 151 Å². The van der Waals surface area contributed by atoms with Crippen LogP contribution in [0.4, 0.5) is 5.95 Å². The summed E-state index contributed by atoms with van der Waals surface area (Å²) in [5, 5.41) is 0. The number of pyridine rings is 1. The average Bonchev–Trinajstić information content (AvgIpc) is 3.16. The number of rotatable bonds is 3. The van der Waals surface area contributed by atoms with Gasteiger partial charge in [-0.3, -0.25) is 9.20 Å². The van der Waals surface area contributed by atoms with Gasteiger partial charge in [-0.2, -0.15) is 0 Å². The molecule has 1 amide bonds. The summed E-state index contributed by atoms with van der Waals surface area (Å²) < 4.78 is 7.67. The van der Waals surface area contributed by atoms with E-state index in [-0.39, 0.29) is 12.0 Å². The highest BCUT2D eigenvalue weighted by Crippen LogP contribution is 2.23. The molecule has 0 radical (unpaired) electrons. The zero-order valence-corrected chi connectivity index (χ0v) is 14.7. The third-order valence-corrected chi connectivity index (χ3v) is 4.40. The number of ether oxygens (including phenoxy) is 1. The van der Waals surface area contributed by atoms with Gasteiger partial charge in [0.15, 0.2) is 0 Å². The van der Waals surface area contributed by atoms with Crippen LogP contribution in [-0.2, 0) is 4.74 Å². The summed E-state index contributed by atoms with van der Waals surface area (Å²) in [6.07, 6.45) is 4.94. The number of fused-ring (bicyclic) bond motifs is 1. The number of carbonyl (C=O) groups is 1. The molecule has 0 aliphatic carbocycles. The van der Waals surface area contributed by atoms with E-state index in [0.717, 1.165) is 11.3 Å². The van der Waals surface area contributed by atoms with E-state index in [9.17, 15) is 4.79 Å². The second kappa shape index (κ2) is 6.72. The first kappa shape index (κ1) is 16.5. The average molecular weight is 352 g/mol. The van der Waals surface area contributed by atoms with Crippen molar-refractivity contribution in [1.82, 2.24) is 24.3 Å². The molecule has 26 heavy (non-hydrogen) atoms. The van der Waals surface area contributed by atoms with E-state index in [1.54, 1.807) is 23.5 Å². The van der Waals surface area contributed by atoms with Crippen molar-refractivity contribution in [3.8, 4) is 0 Å². The van der Waals surface area contributed by atoms with Crippen LogP contribution in [-0.4, -0.2) is 64.0 Å². The van der Waals surface area contributed by atoms with E-state index in [0.29, 0.717) is 31.3 Å². The molecule has 4 rings (SSSR count). The Bertz CT molecular complexity index is 938. The first-order valence-corrected chi connectivity index (χ1v) is 8.47. The second-order valence-electron chi connectivity index (χ2n) is 6.35. The number of morpholine rings is 1. The lowest BCUT2D eigenvalue weighted by molar-refractivity contribution is -0.0249. The van der Waals surface area contributed by atoms with Gasteiger partial charge in [-0.25, -0.2) is 15.0 Å². The predicted molar refractivity (Wildman–Crippen MR) is 96.1 cm³/mol. The van der Waals surface area contributed by atoms with Crippen LogP contribution in [0.25, 0.3) is 5.65 Å². The third-order valence-electron chi connectivity index (χ3n) is 4.40. The zero-order chi connectivity index (χ0) is 18.1. The van der Waals surface area contributed by atoms with Gasteiger partial charge in [0, 0.05) is 39.2 Å². The van der Waals surface area contributed by atoms with Gasteiger partial charge in [0.05, 0.1) is 18.8 Å². The highest BCUT2D eigenvalue weighted by atomic mass is 16.5. The molecule has 0 spiro atoms. The Morgan fingerprint density at radius 1 is 1.23 bits per heavy atom. The molecule has 0 aromatic carbocycles. The summed E-state index contributed by atoms with van der Waals surface area (Å²) in [7, 11) is 3.78. The number of imidazole rings is 1. The number of hydrogen-bond donors (Lipinski definition) is 0. The number of carbonyl (C=O) groups excluding carboxylic acids is 1. The first-order valence-electron chi connectivity index (χ1n) is 8.47. The fraction of sp³-hybridized carbons (Fsp3) is 0.333. The molecule has 8 nitrogen and oxygen atoms in total. The molecule has 1 fully saturated rings. The highest BCUT2D eigenvalue weighted by molar-refractivity contribution is 5.93. The van der Waals surface area contributed by atoms with Gasteiger partial charge < -0.3 is 14.5 Å². The van der Waals surface area contributed by atoms with Crippen LogP contribution < -0.4 is 4.90 Å². The van der Waals surface area contributed by atoms with Gasteiger partial charge in [-0.05, 0) is 18.2 Å². The maximum Gasteiger partial charge on any atom is 0.271 e. The number of anilines is 1. The van der Waals surface area contributed by atoms with Crippen molar-refractivity contribution in [2.24, 2.45) is 0 Å². The van der Waals surface area contributed by atoms with E-state index in [1.807, 2.05) is 47.7 Å². The summed E-state index contributed by atoms with van der Waals surface area (Å²) in [5.74, 6) is 0.585. The molecule has 0 unspecified atom stereocenters. The summed E-state index contributed by atoms with van der Waals surface area (Å²) in [6, 6.07) is 7.38. The first-order chi connectivity index (χ1) is 12.6. The van der Waals surface area contributed by atoms with Gasteiger partial charge in [0.1, 0.15) is 17.4 Å². The molecule has 134 valence electrons. The Kier molecular flexibility index (Phi) is 4.26. The van der Waals surface area contributed by atoms with Crippen molar-refractivity contribution in [3.63, 3.8) is 0 Å². The van der Waals surface area contributed by atoms with Gasteiger partial charge in [0.25, 0.3) is 5.91 Å². The maximum absolute atomic E-state index is 13.0. The molecule has 1 aliphatic heterocycles. The van der Waals surface area contributed by atoms with Crippen molar-refractivity contribution in [2.45, 2.75) is 6.10 Å². The standard InChI is InChI=1S/C18H20N6O2/c1-22(2)18-20-7-6-13(21-18)15-12-23(10-11-26-15)17(25)14-4-3-5-16-19-8-9-24(14)16/h3-9,15H,10-12H2,1-2H3/t15-/m1/s1. The molecule has 3 aromatic heterocycles. The second-order valence-corrected chi connectivity index (χ2v) is 6.35. The van der Waals surface area contributed by atoms with Crippen LogP contribution in [0.2, 0.25) is 0 Å². The Morgan fingerprint density at radius 2 is 2.12 bits per heavy atom. The lowest BCUT2D eigenvalue weighted by atomic mass is 10.2. The lowest BCUT2D eigenvalue weighted by Gasteiger charge is -2.33. The normalized spacial score (nSPS) is 17.5. The van der Waals surface area contributed by atoms with Crippen molar-refractivity contribution >= 4 is 17.5 Å². The minimum atomic E-state index is -0.267. The molecule has 3 aromatic rings.